The van der Waals surface area contributed by atoms with Gasteiger partial charge in [-0.25, -0.2) is 4.39 Å². The van der Waals surface area contributed by atoms with Crippen LogP contribution >= 0.6 is 0 Å². The molecule has 0 bridgehead atoms. The van der Waals surface area contributed by atoms with Crippen molar-refractivity contribution in [3.63, 3.8) is 0 Å². The van der Waals surface area contributed by atoms with Crippen molar-refractivity contribution in [1.82, 2.24) is 10.3 Å². The predicted molar refractivity (Wildman–Crippen MR) is 67.3 cm³/mol. The Bertz CT molecular complexity index is 490. The number of nitrogens with zero attached hydrogens (tertiary/aromatic N) is 1. The minimum Gasteiger partial charge on any atom is -0.394 e. The number of aromatic nitrogens is 1. The smallest absolute Gasteiger partial charge is 0.141 e. The first-order chi connectivity index (χ1) is 8.79. The Morgan fingerprint density at radius 3 is 2.67 bits per heavy atom. The molecular formula is C14H15FN2O. The third kappa shape index (κ3) is 3.35. The SMILES string of the molecule is OCC(NCc1cncc(F)c1)c1ccccc1. The summed E-state index contributed by atoms with van der Waals surface area (Å²) in [5.74, 6) is -0.352. The van der Waals surface area contributed by atoms with E-state index in [1.807, 2.05) is 30.3 Å². The minimum atomic E-state index is -0.352. The summed E-state index contributed by atoms with van der Waals surface area (Å²) in [5.41, 5.74) is 1.76. The summed E-state index contributed by atoms with van der Waals surface area (Å²) < 4.78 is 13.0. The van der Waals surface area contributed by atoms with E-state index in [4.69, 9.17) is 0 Å². The van der Waals surface area contributed by atoms with Gasteiger partial charge in [-0.3, -0.25) is 4.98 Å². The minimum absolute atomic E-state index is 0.00718. The zero-order chi connectivity index (χ0) is 12.8. The van der Waals surface area contributed by atoms with Crippen molar-refractivity contribution < 1.29 is 9.50 Å². The molecule has 94 valence electrons. The number of rotatable bonds is 5. The lowest BCUT2D eigenvalue weighted by Crippen LogP contribution is -2.24. The lowest BCUT2D eigenvalue weighted by Gasteiger charge is -2.16. The van der Waals surface area contributed by atoms with Crippen LogP contribution in [0.2, 0.25) is 0 Å². The average Bonchev–Trinajstić information content (AvgIpc) is 2.41. The summed E-state index contributed by atoms with van der Waals surface area (Å²) in [6, 6.07) is 10.9. The fraction of sp³-hybridized carbons (Fsp3) is 0.214. The van der Waals surface area contributed by atoms with Gasteiger partial charge in [0.1, 0.15) is 5.82 Å². The molecule has 0 saturated carbocycles. The van der Waals surface area contributed by atoms with Gasteiger partial charge in [0, 0.05) is 12.7 Å². The van der Waals surface area contributed by atoms with Gasteiger partial charge < -0.3 is 10.4 Å². The van der Waals surface area contributed by atoms with Crippen LogP contribution in [0.3, 0.4) is 0 Å². The van der Waals surface area contributed by atoms with Crippen molar-refractivity contribution in [3.8, 4) is 0 Å². The molecule has 1 heterocycles. The molecule has 0 amide bonds. The van der Waals surface area contributed by atoms with Gasteiger partial charge in [-0.2, -0.15) is 0 Å². The normalized spacial score (nSPS) is 12.3. The quantitative estimate of drug-likeness (QED) is 0.848. The van der Waals surface area contributed by atoms with Crippen LogP contribution in [0, 0.1) is 5.82 Å². The fourth-order valence-corrected chi connectivity index (χ4v) is 1.77. The molecule has 0 aliphatic heterocycles. The molecular weight excluding hydrogens is 231 g/mol. The molecule has 4 heteroatoms. The highest BCUT2D eigenvalue weighted by Gasteiger charge is 2.09. The number of benzene rings is 1. The van der Waals surface area contributed by atoms with E-state index in [0.29, 0.717) is 6.54 Å². The predicted octanol–water partition coefficient (Wildman–Crippen LogP) is 2.04. The third-order valence-corrected chi connectivity index (χ3v) is 2.70. The Labute approximate surface area is 105 Å². The van der Waals surface area contributed by atoms with E-state index < -0.39 is 0 Å². The molecule has 2 N–H and O–H groups in total. The molecule has 0 radical (unpaired) electrons. The van der Waals surface area contributed by atoms with Crippen LogP contribution < -0.4 is 5.32 Å². The highest BCUT2D eigenvalue weighted by atomic mass is 19.1. The van der Waals surface area contributed by atoms with Crippen LogP contribution in [0.25, 0.3) is 0 Å². The van der Waals surface area contributed by atoms with E-state index in [-0.39, 0.29) is 18.5 Å². The van der Waals surface area contributed by atoms with Gasteiger partial charge in [0.2, 0.25) is 0 Å². The fourth-order valence-electron chi connectivity index (χ4n) is 1.77. The van der Waals surface area contributed by atoms with Crippen LogP contribution in [0.1, 0.15) is 17.2 Å². The van der Waals surface area contributed by atoms with Crippen LogP contribution in [0.15, 0.2) is 48.8 Å². The van der Waals surface area contributed by atoms with Crippen LogP contribution in [-0.4, -0.2) is 16.7 Å². The van der Waals surface area contributed by atoms with E-state index in [1.54, 1.807) is 6.20 Å². The molecule has 1 unspecified atom stereocenters. The van der Waals surface area contributed by atoms with Crippen LogP contribution in [0.5, 0.6) is 0 Å². The first-order valence-electron chi connectivity index (χ1n) is 5.78. The van der Waals surface area contributed by atoms with Crippen LogP contribution in [0.4, 0.5) is 4.39 Å². The first kappa shape index (κ1) is 12.7. The van der Waals surface area contributed by atoms with Gasteiger partial charge >= 0.3 is 0 Å². The maximum Gasteiger partial charge on any atom is 0.141 e. The van der Waals surface area contributed by atoms with Crippen LogP contribution in [-0.2, 0) is 6.54 Å². The topological polar surface area (TPSA) is 45.1 Å². The maximum atomic E-state index is 13.0. The average molecular weight is 246 g/mol. The number of hydrogen-bond donors (Lipinski definition) is 2. The molecule has 0 saturated heterocycles. The largest absolute Gasteiger partial charge is 0.394 e. The van der Waals surface area contributed by atoms with E-state index in [0.717, 1.165) is 11.1 Å². The number of aliphatic hydroxyl groups excluding tert-OH is 1. The molecule has 0 aliphatic rings. The van der Waals surface area contributed by atoms with Gasteiger partial charge in [0.25, 0.3) is 0 Å². The number of aliphatic hydroxyl groups is 1. The van der Waals surface area contributed by atoms with Gasteiger partial charge in [0.15, 0.2) is 0 Å². The summed E-state index contributed by atoms with van der Waals surface area (Å²) in [4.78, 5) is 3.78. The van der Waals surface area contributed by atoms with Crippen molar-refractivity contribution in [2.45, 2.75) is 12.6 Å². The standard InChI is InChI=1S/C14H15FN2O/c15-13-6-11(7-16-9-13)8-17-14(10-18)12-4-2-1-3-5-12/h1-7,9,14,17-18H,8,10H2. The van der Waals surface area contributed by atoms with Crippen molar-refractivity contribution in [3.05, 3.63) is 65.7 Å². The van der Waals surface area contributed by atoms with Gasteiger partial charge in [0.05, 0.1) is 18.8 Å². The Morgan fingerprint density at radius 2 is 2.00 bits per heavy atom. The van der Waals surface area contributed by atoms with Crippen molar-refractivity contribution >= 4 is 0 Å². The van der Waals surface area contributed by atoms with Gasteiger partial charge in [-0.05, 0) is 17.2 Å². The molecule has 2 rings (SSSR count). The monoisotopic (exact) mass is 246 g/mol. The zero-order valence-corrected chi connectivity index (χ0v) is 9.88. The van der Waals surface area contributed by atoms with Gasteiger partial charge in [-0.15, -0.1) is 0 Å². The van der Waals surface area contributed by atoms with E-state index in [2.05, 4.69) is 10.3 Å². The summed E-state index contributed by atoms with van der Waals surface area (Å²) in [6.45, 7) is 0.456. The first-order valence-corrected chi connectivity index (χ1v) is 5.78. The lowest BCUT2D eigenvalue weighted by molar-refractivity contribution is 0.243. The van der Waals surface area contributed by atoms with E-state index >= 15 is 0 Å². The zero-order valence-electron chi connectivity index (χ0n) is 9.88. The highest BCUT2D eigenvalue weighted by molar-refractivity contribution is 5.19. The van der Waals surface area contributed by atoms with Gasteiger partial charge in [-0.1, -0.05) is 30.3 Å². The molecule has 2 aromatic rings. The molecule has 1 aromatic carbocycles. The maximum absolute atomic E-state index is 13.0. The van der Waals surface area contributed by atoms with E-state index in [9.17, 15) is 9.50 Å². The Balaban J connectivity index is 2.00. The van der Waals surface area contributed by atoms with Crippen molar-refractivity contribution in [2.24, 2.45) is 0 Å². The Morgan fingerprint density at radius 1 is 1.22 bits per heavy atom. The number of pyridine rings is 1. The summed E-state index contributed by atoms with van der Waals surface area (Å²) in [6.07, 6.45) is 2.78. The number of nitrogens with one attached hydrogen (secondary N) is 1. The highest BCUT2D eigenvalue weighted by Crippen LogP contribution is 2.12. The van der Waals surface area contributed by atoms with E-state index in [1.165, 1.54) is 12.3 Å². The Kier molecular flexibility index (Phi) is 4.39. The molecule has 0 fully saturated rings. The number of hydrogen-bond acceptors (Lipinski definition) is 3. The third-order valence-electron chi connectivity index (χ3n) is 2.70. The number of halogens is 1. The molecule has 3 nitrogen and oxygen atoms in total. The second kappa shape index (κ2) is 6.23. The summed E-state index contributed by atoms with van der Waals surface area (Å²) in [7, 11) is 0. The molecule has 18 heavy (non-hydrogen) atoms. The molecule has 0 spiro atoms. The summed E-state index contributed by atoms with van der Waals surface area (Å²) >= 11 is 0. The second-order valence-corrected chi connectivity index (χ2v) is 4.04. The lowest BCUT2D eigenvalue weighted by atomic mass is 10.1. The molecule has 1 atom stereocenters. The molecule has 1 aromatic heterocycles. The van der Waals surface area contributed by atoms with Crippen molar-refractivity contribution in [1.29, 1.82) is 0 Å². The second-order valence-electron chi connectivity index (χ2n) is 4.04. The summed E-state index contributed by atoms with van der Waals surface area (Å²) in [5, 5.41) is 12.5. The van der Waals surface area contributed by atoms with Crippen molar-refractivity contribution in [2.75, 3.05) is 6.61 Å². The molecule has 0 aliphatic carbocycles. The Hall–Kier alpha value is -1.78.